The molecule has 4 heterocycles. The molecule has 2 saturated heterocycles. The molecule has 370 valence electrons. The summed E-state index contributed by atoms with van der Waals surface area (Å²) in [6.45, 7) is 12.8. The van der Waals surface area contributed by atoms with E-state index >= 15 is 0 Å². The van der Waals surface area contributed by atoms with E-state index in [1.807, 2.05) is 82.6 Å². The van der Waals surface area contributed by atoms with Crippen LogP contribution in [-0.4, -0.2) is 114 Å². The number of aryl methyl sites for hydroxylation is 1. The Morgan fingerprint density at radius 1 is 0.886 bits per heavy atom. The van der Waals surface area contributed by atoms with Crippen LogP contribution in [0.1, 0.15) is 75.7 Å². The van der Waals surface area contributed by atoms with Crippen LogP contribution in [0.3, 0.4) is 0 Å². The van der Waals surface area contributed by atoms with Crippen molar-refractivity contribution in [3.05, 3.63) is 119 Å². The summed E-state index contributed by atoms with van der Waals surface area (Å²) in [6.07, 6.45) is 1.25. The summed E-state index contributed by atoms with van der Waals surface area (Å²) in [5.41, 5.74) is 6.13. The zero-order chi connectivity index (χ0) is 49.5. The Kier molecular flexibility index (Phi) is 16.3. The maximum atomic E-state index is 14.1. The quantitative estimate of drug-likeness (QED) is 0.0611. The molecule has 3 amide bonds. The molecule has 2 aromatic heterocycles. The van der Waals surface area contributed by atoms with Crippen LogP contribution in [0.15, 0.2) is 96.5 Å². The molecule has 4 N–H and O–H groups in total. The second kappa shape index (κ2) is 22.6. The number of hydrogen-bond donors (Lipinski definition) is 4. The number of carbonyl (C=O) groups is 3. The van der Waals surface area contributed by atoms with E-state index in [4.69, 9.17) is 14.2 Å². The highest BCUT2D eigenvalue weighted by Gasteiger charge is 2.44. The number of fused-ring (bicyclic) bond motifs is 1. The van der Waals surface area contributed by atoms with Crippen LogP contribution in [-0.2, 0) is 23.9 Å². The van der Waals surface area contributed by atoms with E-state index in [-0.39, 0.29) is 49.7 Å². The Balaban J connectivity index is 0.738. The highest BCUT2D eigenvalue weighted by Crippen LogP contribution is 2.47. The van der Waals surface area contributed by atoms with Crippen LogP contribution in [0.25, 0.3) is 31.0 Å². The number of halogens is 1. The number of nitrogens with zero attached hydrogens (tertiary/aromatic N) is 3. The van der Waals surface area contributed by atoms with Crippen molar-refractivity contribution in [3.63, 3.8) is 0 Å². The number of aliphatic hydroxyl groups excluding tert-OH is 1. The van der Waals surface area contributed by atoms with E-state index in [0.717, 1.165) is 74.7 Å². The van der Waals surface area contributed by atoms with E-state index in [9.17, 15) is 29.0 Å². The lowest BCUT2D eigenvalue weighted by Gasteiger charge is -2.35. The van der Waals surface area contributed by atoms with Crippen LogP contribution in [0, 0.1) is 18.2 Å². The molecule has 4 aromatic carbocycles. The van der Waals surface area contributed by atoms with Gasteiger partial charge in [0.05, 0.1) is 52.9 Å². The fraction of sp³-hybridized carbons (Fsp3) is 0.407. The number of aliphatic hydroxyl groups is 1. The van der Waals surface area contributed by atoms with E-state index < -0.39 is 35.4 Å². The van der Waals surface area contributed by atoms with Gasteiger partial charge in [0.25, 0.3) is 0 Å². The number of rotatable bonds is 18. The maximum absolute atomic E-state index is 14.1. The molecule has 0 radical (unpaired) electrons. The molecule has 0 aliphatic carbocycles. The Bertz CT molecular complexity index is 2730. The summed E-state index contributed by atoms with van der Waals surface area (Å²) in [5, 5.41) is 27.5. The molecule has 4 atom stereocenters. The molecule has 0 unspecified atom stereocenters. The molecule has 0 bridgehead atoms. The molecule has 6 aromatic rings. The number of piperidine rings is 1. The van der Waals surface area contributed by atoms with Crippen molar-refractivity contribution in [1.82, 2.24) is 25.4 Å². The molecule has 2 aliphatic heterocycles. The number of thiophene rings is 1. The number of aromatic nitrogens is 1. The summed E-state index contributed by atoms with van der Waals surface area (Å²) in [5.74, 6) is 0.405. The molecular weight excluding hydrogens is 930 g/mol. The first-order valence-electron chi connectivity index (χ1n) is 23.9. The number of thiazole rings is 1. The van der Waals surface area contributed by atoms with E-state index in [2.05, 4.69) is 32.7 Å². The third-order valence-electron chi connectivity index (χ3n) is 13.1. The molecule has 70 heavy (non-hydrogen) atoms. The number of hydrogen-bond acceptors (Lipinski definition) is 12. The minimum atomic E-state index is -0.961. The Morgan fingerprint density at radius 3 is 2.26 bits per heavy atom. The second-order valence-electron chi connectivity index (χ2n) is 19.3. The van der Waals surface area contributed by atoms with Gasteiger partial charge in [0, 0.05) is 29.6 Å². The lowest BCUT2D eigenvalue weighted by atomic mass is 9.85. The largest absolute Gasteiger partial charge is 0.508 e. The number of nitrogens with one attached hydrogen (secondary N) is 2. The highest BCUT2D eigenvalue weighted by atomic mass is 32.1. The standard InChI is InChI=1S/C54H62FN5O8S2/c1-33(35-6-8-38(9-7-35)49-34(2)56-32-69-49)57-52(64)45-28-42(62)30-60(45)53(65)51(54(3,4)5)58-47(63)31-67-27-26-66-25-24-59-22-20-37(21-23-59)36-12-17-43(18-13-36)68-48-44-19-16-41(61)29-46(44)70-50(48)39-10-14-40(55)15-11-39/h6-19,29,32-33,37,42,45,51,61-62H,20-28,30-31H2,1-5H3,(H,57,64)(H,58,63)/t33-,42+,45-,51+/m0/s1. The van der Waals surface area contributed by atoms with Crippen molar-refractivity contribution < 1.29 is 43.2 Å². The van der Waals surface area contributed by atoms with Crippen LogP contribution in [0.5, 0.6) is 17.2 Å². The van der Waals surface area contributed by atoms with Crippen LogP contribution in [0.4, 0.5) is 4.39 Å². The summed E-state index contributed by atoms with van der Waals surface area (Å²) < 4.78 is 32.6. The topological polar surface area (TPSA) is 163 Å². The average molecular weight is 992 g/mol. The number of amides is 3. The predicted molar refractivity (Wildman–Crippen MR) is 272 cm³/mol. The number of phenolic OH excluding ortho intramolecular Hbond substituents is 1. The fourth-order valence-electron chi connectivity index (χ4n) is 9.17. The number of benzene rings is 4. The summed E-state index contributed by atoms with van der Waals surface area (Å²) in [4.78, 5) is 50.9. The van der Waals surface area contributed by atoms with Gasteiger partial charge in [0.15, 0.2) is 5.75 Å². The van der Waals surface area contributed by atoms with Gasteiger partial charge in [0.2, 0.25) is 17.7 Å². The van der Waals surface area contributed by atoms with Gasteiger partial charge in [-0.1, -0.05) is 69.3 Å². The monoisotopic (exact) mass is 991 g/mol. The van der Waals surface area contributed by atoms with Crippen LogP contribution < -0.4 is 15.4 Å². The minimum absolute atomic E-state index is 0.0149. The number of phenols is 1. The lowest BCUT2D eigenvalue weighted by molar-refractivity contribution is -0.144. The molecular formula is C54H62FN5O8S2. The first-order valence-corrected chi connectivity index (χ1v) is 25.6. The second-order valence-corrected chi connectivity index (χ2v) is 21.2. The summed E-state index contributed by atoms with van der Waals surface area (Å²) >= 11 is 3.07. The van der Waals surface area contributed by atoms with Crippen LogP contribution >= 0.6 is 22.7 Å². The van der Waals surface area contributed by atoms with Gasteiger partial charge in [0.1, 0.15) is 36.0 Å². The molecule has 0 saturated carbocycles. The Morgan fingerprint density at radius 2 is 1.57 bits per heavy atom. The van der Waals surface area contributed by atoms with Gasteiger partial charge in [-0.15, -0.1) is 22.7 Å². The van der Waals surface area contributed by atoms with Crippen molar-refractivity contribution in [2.24, 2.45) is 5.41 Å². The number of β-amino-alcohol motifs (C(OH)–C–C–N with tert-alkyl or cyclic N) is 1. The first kappa shape index (κ1) is 50.6. The predicted octanol–water partition coefficient (Wildman–Crippen LogP) is 9.22. The van der Waals surface area contributed by atoms with Gasteiger partial charge in [-0.3, -0.25) is 14.4 Å². The molecule has 2 fully saturated rings. The minimum Gasteiger partial charge on any atom is -0.508 e. The molecule has 16 heteroatoms. The van der Waals surface area contributed by atoms with E-state index in [1.54, 1.807) is 35.6 Å². The van der Waals surface area contributed by atoms with Crippen molar-refractivity contribution >= 4 is 50.5 Å². The van der Waals surface area contributed by atoms with Crippen molar-refractivity contribution in [3.8, 4) is 38.1 Å². The zero-order valence-corrected chi connectivity index (χ0v) is 41.9. The molecule has 0 spiro atoms. The summed E-state index contributed by atoms with van der Waals surface area (Å²) in [6, 6.07) is 25.5. The van der Waals surface area contributed by atoms with Crippen molar-refractivity contribution in [1.29, 1.82) is 0 Å². The van der Waals surface area contributed by atoms with E-state index in [0.29, 0.717) is 30.6 Å². The third-order valence-corrected chi connectivity index (χ3v) is 15.3. The number of ether oxygens (including phenoxy) is 3. The third kappa shape index (κ3) is 12.4. The van der Waals surface area contributed by atoms with Crippen molar-refractivity contribution in [2.75, 3.05) is 52.6 Å². The highest BCUT2D eigenvalue weighted by molar-refractivity contribution is 7.22. The molecule has 8 rings (SSSR count). The lowest BCUT2D eigenvalue weighted by Crippen LogP contribution is -2.58. The van der Waals surface area contributed by atoms with Gasteiger partial charge in [-0.05, 0) is 116 Å². The van der Waals surface area contributed by atoms with Crippen LogP contribution in [0.2, 0.25) is 0 Å². The fourth-order valence-corrected chi connectivity index (χ4v) is 11.1. The summed E-state index contributed by atoms with van der Waals surface area (Å²) in [7, 11) is 0. The van der Waals surface area contributed by atoms with Gasteiger partial charge >= 0.3 is 0 Å². The SMILES string of the molecule is Cc1ncsc1-c1ccc([C@H](C)NC(=O)[C@@H]2C[C@@H](O)CN2C(=O)[C@@H](NC(=O)COCCOCCN2CCC(c3ccc(Oc4c(-c5ccc(F)cc5)sc5cc(O)ccc45)cc3)CC2)C(C)(C)C)cc1. The average Bonchev–Trinajstić information content (AvgIpc) is 4.06. The number of carbonyl (C=O) groups excluding carboxylic acids is 3. The number of likely N-dealkylation sites (tertiary alicyclic amines) is 2. The Labute approximate surface area is 416 Å². The Hall–Kier alpha value is -5.75. The molecule has 13 nitrogen and oxygen atoms in total. The smallest absolute Gasteiger partial charge is 0.246 e. The normalized spacial score (nSPS) is 17.7. The maximum Gasteiger partial charge on any atom is 0.246 e. The van der Waals surface area contributed by atoms with Gasteiger partial charge in [-0.2, -0.15) is 0 Å². The first-order chi connectivity index (χ1) is 33.6. The molecule has 2 aliphatic rings. The number of aromatic hydroxyl groups is 1. The van der Waals surface area contributed by atoms with Gasteiger partial charge in [-0.25, -0.2) is 9.37 Å². The van der Waals surface area contributed by atoms with Gasteiger partial charge < -0.3 is 44.9 Å². The van der Waals surface area contributed by atoms with Crippen molar-refractivity contribution in [2.45, 2.75) is 84.0 Å². The zero-order valence-electron chi connectivity index (χ0n) is 40.3. The van der Waals surface area contributed by atoms with E-state index in [1.165, 1.54) is 33.9 Å².